The van der Waals surface area contributed by atoms with Gasteiger partial charge in [0.05, 0.1) is 12.1 Å². The number of ether oxygens (including phenoxy) is 1. The van der Waals surface area contributed by atoms with Crippen molar-refractivity contribution in [3.63, 3.8) is 0 Å². The van der Waals surface area contributed by atoms with Crippen LogP contribution in [0.2, 0.25) is 0 Å². The highest BCUT2D eigenvalue weighted by Gasteiger charge is 2.31. The van der Waals surface area contributed by atoms with Gasteiger partial charge in [0.1, 0.15) is 12.4 Å². The van der Waals surface area contributed by atoms with Crippen LogP contribution in [0.5, 0.6) is 5.75 Å². The molecule has 6 nitrogen and oxygen atoms in total. The molecular formula is C14H14BrNO5. The Bertz CT molecular complexity index is 624. The summed E-state index contributed by atoms with van der Waals surface area (Å²) in [5.41, 5.74) is -0.889. The zero-order chi connectivity index (χ0) is 15.6. The number of aliphatic carboxylic acids is 1. The van der Waals surface area contributed by atoms with Crippen LogP contribution in [0.3, 0.4) is 0 Å². The molecule has 7 heteroatoms. The number of rotatable bonds is 4. The lowest BCUT2D eigenvalue weighted by molar-refractivity contribution is -0.156. The van der Waals surface area contributed by atoms with E-state index in [2.05, 4.69) is 21.2 Å². The van der Waals surface area contributed by atoms with E-state index < -0.39 is 17.5 Å². The second-order valence-corrected chi connectivity index (χ2v) is 5.82. The fourth-order valence-corrected chi connectivity index (χ4v) is 2.10. The number of amides is 1. The lowest BCUT2D eigenvalue weighted by Gasteiger charge is -2.21. The number of fused-ring (bicyclic) bond motifs is 1. The molecule has 112 valence electrons. The normalized spacial score (nSPS) is 16.0. The van der Waals surface area contributed by atoms with Gasteiger partial charge >= 0.3 is 5.97 Å². The quantitative estimate of drug-likeness (QED) is 0.753. The largest absolute Gasteiger partial charge is 0.488 e. The number of carbonyl (C=O) groups excluding carboxylic acids is 1. The van der Waals surface area contributed by atoms with Gasteiger partial charge in [-0.2, -0.15) is 0 Å². The summed E-state index contributed by atoms with van der Waals surface area (Å²) in [6, 6.07) is 5.44. The first kappa shape index (κ1) is 15.5. The predicted octanol–water partition coefficient (Wildman–Crippen LogP) is 1.18. The van der Waals surface area contributed by atoms with Gasteiger partial charge in [-0.1, -0.05) is 15.9 Å². The Morgan fingerprint density at radius 3 is 2.86 bits per heavy atom. The fourth-order valence-electron chi connectivity index (χ4n) is 1.72. The Morgan fingerprint density at radius 2 is 2.19 bits per heavy atom. The van der Waals surface area contributed by atoms with Gasteiger partial charge in [-0.15, -0.1) is 0 Å². The Kier molecular flexibility index (Phi) is 4.34. The molecule has 1 heterocycles. The summed E-state index contributed by atoms with van der Waals surface area (Å²) >= 11 is 3.34. The molecule has 1 aromatic carbocycles. The number of carbonyl (C=O) groups is 2. The summed E-state index contributed by atoms with van der Waals surface area (Å²) in [4.78, 5) is 22.8. The van der Waals surface area contributed by atoms with Crippen LogP contribution in [0.1, 0.15) is 12.5 Å². The van der Waals surface area contributed by atoms with Crippen LogP contribution < -0.4 is 10.1 Å². The highest BCUT2D eigenvalue weighted by atomic mass is 79.9. The molecule has 1 aliphatic rings. The molecule has 0 bridgehead atoms. The highest BCUT2D eigenvalue weighted by molar-refractivity contribution is 9.10. The second-order valence-electron chi connectivity index (χ2n) is 4.90. The van der Waals surface area contributed by atoms with E-state index in [-0.39, 0.29) is 13.2 Å². The van der Waals surface area contributed by atoms with Gasteiger partial charge in [0.15, 0.2) is 5.60 Å². The van der Waals surface area contributed by atoms with Gasteiger partial charge in [-0.3, -0.25) is 4.79 Å². The van der Waals surface area contributed by atoms with E-state index in [0.29, 0.717) is 11.3 Å². The molecule has 0 radical (unpaired) electrons. The van der Waals surface area contributed by atoms with E-state index in [1.807, 2.05) is 12.1 Å². The Labute approximate surface area is 129 Å². The van der Waals surface area contributed by atoms with Crippen molar-refractivity contribution in [2.75, 3.05) is 13.2 Å². The molecule has 0 fully saturated rings. The van der Waals surface area contributed by atoms with Crippen LogP contribution in [-0.4, -0.2) is 40.8 Å². The van der Waals surface area contributed by atoms with E-state index in [0.717, 1.165) is 17.0 Å². The van der Waals surface area contributed by atoms with Gasteiger partial charge in [-0.05, 0) is 31.2 Å². The predicted molar refractivity (Wildman–Crippen MR) is 78.9 cm³/mol. The maximum Gasteiger partial charge on any atom is 0.337 e. The zero-order valence-electron chi connectivity index (χ0n) is 11.2. The number of hydrogen-bond donors (Lipinski definition) is 3. The van der Waals surface area contributed by atoms with Gasteiger partial charge in [0.2, 0.25) is 0 Å². The number of hydrogen-bond acceptors (Lipinski definition) is 4. The lowest BCUT2D eigenvalue weighted by Crippen LogP contribution is -2.47. The standard InChI is InChI=1S/C14H14BrNO5/c1-14(20,13(18)19)7-16-12(17)9-4-8-5-10(15)2-3-11(8)21-6-9/h2-5,20H,6-7H2,1H3,(H,16,17)(H,18,19). The number of halogens is 1. The zero-order valence-corrected chi connectivity index (χ0v) is 12.8. The Hall–Kier alpha value is -1.86. The first-order valence-corrected chi connectivity index (χ1v) is 6.96. The number of carboxylic acid groups (broad SMARTS) is 1. The highest BCUT2D eigenvalue weighted by Crippen LogP contribution is 2.29. The third kappa shape index (κ3) is 3.62. The molecular weight excluding hydrogens is 342 g/mol. The molecule has 3 N–H and O–H groups in total. The summed E-state index contributed by atoms with van der Waals surface area (Å²) < 4.78 is 6.32. The molecule has 2 rings (SSSR count). The number of carboxylic acids is 1. The van der Waals surface area contributed by atoms with Crippen molar-refractivity contribution in [2.45, 2.75) is 12.5 Å². The molecule has 1 amide bonds. The monoisotopic (exact) mass is 355 g/mol. The fraction of sp³-hybridized carbons (Fsp3) is 0.286. The third-order valence-corrected chi connectivity index (χ3v) is 3.52. The molecule has 0 saturated heterocycles. The first-order chi connectivity index (χ1) is 9.79. The van der Waals surface area contributed by atoms with Gasteiger partial charge in [-0.25, -0.2) is 4.79 Å². The van der Waals surface area contributed by atoms with E-state index in [1.165, 1.54) is 0 Å². The summed E-state index contributed by atoms with van der Waals surface area (Å²) in [6.07, 6.45) is 1.68. The van der Waals surface area contributed by atoms with Gasteiger partial charge < -0.3 is 20.3 Å². The van der Waals surface area contributed by atoms with E-state index in [9.17, 15) is 14.7 Å². The van der Waals surface area contributed by atoms with E-state index in [4.69, 9.17) is 9.84 Å². The average Bonchev–Trinajstić information content (AvgIpc) is 2.43. The Morgan fingerprint density at radius 1 is 1.48 bits per heavy atom. The number of benzene rings is 1. The van der Waals surface area contributed by atoms with Crippen LogP contribution >= 0.6 is 15.9 Å². The van der Waals surface area contributed by atoms with Crippen molar-refractivity contribution < 1.29 is 24.5 Å². The number of nitrogens with one attached hydrogen (secondary N) is 1. The van der Waals surface area contributed by atoms with Crippen molar-refractivity contribution in [1.82, 2.24) is 5.32 Å². The molecule has 1 aliphatic heterocycles. The first-order valence-electron chi connectivity index (χ1n) is 6.16. The Balaban J connectivity index is 2.09. The van der Waals surface area contributed by atoms with Crippen molar-refractivity contribution >= 4 is 33.9 Å². The van der Waals surface area contributed by atoms with Crippen LogP contribution in [-0.2, 0) is 9.59 Å². The topological polar surface area (TPSA) is 95.9 Å². The van der Waals surface area contributed by atoms with Crippen molar-refractivity contribution in [1.29, 1.82) is 0 Å². The minimum Gasteiger partial charge on any atom is -0.488 e. The summed E-state index contributed by atoms with van der Waals surface area (Å²) in [6.45, 7) is 0.827. The molecule has 1 aromatic rings. The summed E-state index contributed by atoms with van der Waals surface area (Å²) in [7, 11) is 0. The maximum absolute atomic E-state index is 12.0. The number of aliphatic hydroxyl groups is 1. The van der Waals surface area contributed by atoms with E-state index in [1.54, 1.807) is 12.1 Å². The molecule has 0 spiro atoms. The molecule has 0 aliphatic carbocycles. The van der Waals surface area contributed by atoms with Crippen LogP contribution in [0.15, 0.2) is 28.2 Å². The molecule has 1 atom stereocenters. The summed E-state index contributed by atoms with van der Waals surface area (Å²) in [5, 5.41) is 20.7. The second kappa shape index (κ2) is 5.87. The minimum atomic E-state index is -2.01. The molecule has 21 heavy (non-hydrogen) atoms. The van der Waals surface area contributed by atoms with Crippen LogP contribution in [0, 0.1) is 0 Å². The van der Waals surface area contributed by atoms with Crippen LogP contribution in [0.4, 0.5) is 0 Å². The molecule has 1 unspecified atom stereocenters. The van der Waals surface area contributed by atoms with Gasteiger partial charge in [0.25, 0.3) is 5.91 Å². The average molecular weight is 356 g/mol. The summed E-state index contributed by atoms with van der Waals surface area (Å²) in [5.74, 6) is -1.19. The SMILES string of the molecule is CC(O)(CNC(=O)C1=Cc2cc(Br)ccc2OC1)C(=O)O. The molecule has 0 aromatic heterocycles. The van der Waals surface area contributed by atoms with Crippen molar-refractivity contribution in [2.24, 2.45) is 0 Å². The van der Waals surface area contributed by atoms with Crippen LogP contribution in [0.25, 0.3) is 6.08 Å². The van der Waals surface area contributed by atoms with Crippen molar-refractivity contribution in [3.8, 4) is 5.75 Å². The lowest BCUT2D eigenvalue weighted by atomic mass is 10.1. The van der Waals surface area contributed by atoms with Crippen molar-refractivity contribution in [3.05, 3.63) is 33.8 Å². The van der Waals surface area contributed by atoms with E-state index >= 15 is 0 Å². The smallest absolute Gasteiger partial charge is 0.337 e. The molecule has 0 saturated carbocycles. The third-order valence-electron chi connectivity index (χ3n) is 3.03. The minimum absolute atomic E-state index is 0.0929. The maximum atomic E-state index is 12.0. The van der Waals surface area contributed by atoms with Gasteiger partial charge in [0, 0.05) is 10.0 Å².